The molecular formula is C21H26N2O2. The fourth-order valence-electron chi connectivity index (χ4n) is 3.06. The first-order valence-electron chi connectivity index (χ1n) is 8.95. The molecule has 0 radical (unpaired) electrons. The molecule has 132 valence electrons. The van der Waals surface area contributed by atoms with E-state index in [0.717, 1.165) is 25.3 Å². The summed E-state index contributed by atoms with van der Waals surface area (Å²) < 4.78 is 5.72. The molecular weight excluding hydrogens is 312 g/mol. The van der Waals surface area contributed by atoms with Crippen LogP contribution >= 0.6 is 0 Å². The minimum absolute atomic E-state index is 0.140. The van der Waals surface area contributed by atoms with E-state index in [2.05, 4.69) is 22.3 Å². The molecule has 25 heavy (non-hydrogen) atoms. The molecule has 0 spiro atoms. The summed E-state index contributed by atoms with van der Waals surface area (Å²) in [5, 5.41) is 2.96. The molecule has 1 unspecified atom stereocenters. The largest absolute Gasteiger partial charge is 0.481 e. The SMILES string of the molecule is Cc1ccc(OC(C)C(=O)Nc2cccc(CN3CCCC3)c2)cc1. The molecule has 2 aromatic carbocycles. The molecule has 0 aromatic heterocycles. The smallest absolute Gasteiger partial charge is 0.265 e. The van der Waals surface area contributed by atoms with E-state index in [1.807, 2.05) is 43.3 Å². The summed E-state index contributed by atoms with van der Waals surface area (Å²) in [6.07, 6.45) is 2.01. The van der Waals surface area contributed by atoms with E-state index < -0.39 is 6.10 Å². The number of rotatable bonds is 6. The zero-order valence-electron chi connectivity index (χ0n) is 15.0. The monoisotopic (exact) mass is 338 g/mol. The maximum absolute atomic E-state index is 12.4. The molecule has 2 aromatic rings. The number of nitrogens with one attached hydrogen (secondary N) is 1. The molecule has 1 saturated heterocycles. The number of hydrogen-bond acceptors (Lipinski definition) is 3. The normalized spacial score (nSPS) is 15.8. The highest BCUT2D eigenvalue weighted by Crippen LogP contribution is 2.17. The van der Waals surface area contributed by atoms with Crippen molar-refractivity contribution >= 4 is 11.6 Å². The Morgan fingerprint density at radius 2 is 1.88 bits per heavy atom. The maximum Gasteiger partial charge on any atom is 0.265 e. The third kappa shape index (κ3) is 5.07. The van der Waals surface area contributed by atoms with Gasteiger partial charge in [0.2, 0.25) is 0 Å². The van der Waals surface area contributed by atoms with Crippen molar-refractivity contribution in [3.05, 3.63) is 59.7 Å². The van der Waals surface area contributed by atoms with Crippen LogP contribution in [0.5, 0.6) is 5.75 Å². The summed E-state index contributed by atoms with van der Waals surface area (Å²) in [4.78, 5) is 14.8. The van der Waals surface area contributed by atoms with Crippen LogP contribution in [0.3, 0.4) is 0 Å². The first-order valence-corrected chi connectivity index (χ1v) is 8.95. The first kappa shape index (κ1) is 17.5. The fourth-order valence-corrected chi connectivity index (χ4v) is 3.06. The molecule has 0 saturated carbocycles. The molecule has 1 aliphatic rings. The van der Waals surface area contributed by atoms with Gasteiger partial charge in [-0.2, -0.15) is 0 Å². The number of benzene rings is 2. The van der Waals surface area contributed by atoms with Crippen molar-refractivity contribution in [3.8, 4) is 5.75 Å². The van der Waals surface area contributed by atoms with Crippen molar-refractivity contribution in [1.82, 2.24) is 4.90 Å². The number of aryl methyl sites for hydroxylation is 1. The van der Waals surface area contributed by atoms with Gasteiger partial charge in [-0.3, -0.25) is 9.69 Å². The van der Waals surface area contributed by atoms with Crippen LogP contribution in [0, 0.1) is 6.92 Å². The van der Waals surface area contributed by atoms with E-state index in [9.17, 15) is 4.79 Å². The molecule has 3 rings (SSSR count). The van der Waals surface area contributed by atoms with Crippen molar-refractivity contribution in [2.24, 2.45) is 0 Å². The Morgan fingerprint density at radius 1 is 1.16 bits per heavy atom. The van der Waals surface area contributed by atoms with E-state index in [1.165, 1.54) is 24.0 Å². The predicted molar refractivity (Wildman–Crippen MR) is 101 cm³/mol. The Balaban J connectivity index is 1.57. The van der Waals surface area contributed by atoms with Gasteiger partial charge in [-0.25, -0.2) is 0 Å². The number of ether oxygens (including phenoxy) is 1. The minimum atomic E-state index is -0.551. The van der Waals surface area contributed by atoms with Crippen LogP contribution in [0.1, 0.15) is 30.9 Å². The summed E-state index contributed by atoms with van der Waals surface area (Å²) in [5.41, 5.74) is 3.21. The van der Waals surface area contributed by atoms with Gasteiger partial charge in [-0.15, -0.1) is 0 Å². The molecule has 0 aliphatic carbocycles. The third-order valence-electron chi connectivity index (χ3n) is 4.50. The van der Waals surface area contributed by atoms with Crippen LogP contribution in [0.2, 0.25) is 0 Å². The van der Waals surface area contributed by atoms with Crippen molar-refractivity contribution in [2.75, 3.05) is 18.4 Å². The average Bonchev–Trinajstić information content (AvgIpc) is 3.10. The van der Waals surface area contributed by atoms with Gasteiger partial charge in [0.25, 0.3) is 5.91 Å². The van der Waals surface area contributed by atoms with Crippen LogP contribution in [0.15, 0.2) is 48.5 Å². The number of hydrogen-bond donors (Lipinski definition) is 1. The Kier molecular flexibility index (Phi) is 5.71. The summed E-state index contributed by atoms with van der Waals surface area (Å²) in [7, 11) is 0. The van der Waals surface area contributed by atoms with Gasteiger partial charge >= 0.3 is 0 Å². The van der Waals surface area contributed by atoms with E-state index >= 15 is 0 Å². The molecule has 1 amide bonds. The number of carbonyl (C=O) groups excluding carboxylic acids is 1. The number of anilines is 1. The van der Waals surface area contributed by atoms with Gasteiger partial charge < -0.3 is 10.1 Å². The third-order valence-corrected chi connectivity index (χ3v) is 4.50. The molecule has 4 heteroatoms. The molecule has 1 fully saturated rings. The molecule has 1 N–H and O–H groups in total. The fraction of sp³-hybridized carbons (Fsp3) is 0.381. The zero-order chi connectivity index (χ0) is 17.6. The van der Waals surface area contributed by atoms with Crippen molar-refractivity contribution in [2.45, 2.75) is 39.3 Å². The van der Waals surface area contributed by atoms with Gasteiger partial charge in [0, 0.05) is 12.2 Å². The molecule has 4 nitrogen and oxygen atoms in total. The van der Waals surface area contributed by atoms with Crippen LogP contribution in [-0.4, -0.2) is 30.0 Å². The van der Waals surface area contributed by atoms with Crippen LogP contribution < -0.4 is 10.1 Å². The maximum atomic E-state index is 12.4. The van der Waals surface area contributed by atoms with Crippen molar-refractivity contribution in [1.29, 1.82) is 0 Å². The molecule has 1 heterocycles. The predicted octanol–water partition coefficient (Wildman–Crippen LogP) is 4.00. The van der Waals surface area contributed by atoms with Crippen LogP contribution in [0.25, 0.3) is 0 Å². The number of likely N-dealkylation sites (tertiary alicyclic amines) is 1. The van der Waals surface area contributed by atoms with E-state index in [4.69, 9.17) is 4.74 Å². The number of nitrogens with zero attached hydrogens (tertiary/aromatic N) is 1. The minimum Gasteiger partial charge on any atom is -0.481 e. The summed E-state index contributed by atoms with van der Waals surface area (Å²) in [6, 6.07) is 15.8. The second kappa shape index (κ2) is 8.17. The van der Waals surface area contributed by atoms with Gasteiger partial charge in [0.15, 0.2) is 6.10 Å². The molecule has 1 atom stereocenters. The van der Waals surface area contributed by atoms with E-state index in [1.54, 1.807) is 6.92 Å². The Hall–Kier alpha value is -2.33. The van der Waals surface area contributed by atoms with Gasteiger partial charge in [-0.1, -0.05) is 29.8 Å². The average molecular weight is 338 g/mol. The van der Waals surface area contributed by atoms with Crippen molar-refractivity contribution < 1.29 is 9.53 Å². The zero-order valence-corrected chi connectivity index (χ0v) is 15.0. The Bertz CT molecular complexity index is 706. The highest BCUT2D eigenvalue weighted by molar-refractivity contribution is 5.94. The van der Waals surface area contributed by atoms with E-state index in [-0.39, 0.29) is 5.91 Å². The Labute approximate surface area is 149 Å². The summed E-state index contributed by atoms with van der Waals surface area (Å²) in [5.74, 6) is 0.565. The van der Waals surface area contributed by atoms with E-state index in [0.29, 0.717) is 5.75 Å². The second-order valence-corrected chi connectivity index (χ2v) is 6.75. The topological polar surface area (TPSA) is 41.6 Å². The molecule has 0 bridgehead atoms. The highest BCUT2D eigenvalue weighted by Gasteiger charge is 2.16. The summed E-state index contributed by atoms with van der Waals surface area (Å²) >= 11 is 0. The van der Waals surface area contributed by atoms with Crippen LogP contribution in [-0.2, 0) is 11.3 Å². The highest BCUT2D eigenvalue weighted by atomic mass is 16.5. The number of carbonyl (C=O) groups is 1. The van der Waals surface area contributed by atoms with Crippen molar-refractivity contribution in [3.63, 3.8) is 0 Å². The van der Waals surface area contributed by atoms with Gasteiger partial charge in [0.05, 0.1) is 0 Å². The second-order valence-electron chi connectivity index (χ2n) is 6.75. The lowest BCUT2D eigenvalue weighted by molar-refractivity contribution is -0.122. The van der Waals surface area contributed by atoms with Crippen LogP contribution in [0.4, 0.5) is 5.69 Å². The first-order chi connectivity index (χ1) is 12.1. The standard InChI is InChI=1S/C21H26N2O2/c1-16-8-10-20(11-9-16)25-17(2)21(24)22-19-7-5-6-18(14-19)15-23-12-3-4-13-23/h5-11,14,17H,3-4,12-13,15H2,1-2H3,(H,22,24). The molecule has 1 aliphatic heterocycles. The number of amides is 1. The lowest BCUT2D eigenvalue weighted by Crippen LogP contribution is -2.30. The lowest BCUT2D eigenvalue weighted by Gasteiger charge is -2.17. The Morgan fingerprint density at radius 3 is 2.60 bits per heavy atom. The van der Waals surface area contributed by atoms with Gasteiger partial charge in [-0.05, 0) is 69.6 Å². The lowest BCUT2D eigenvalue weighted by atomic mass is 10.2. The van der Waals surface area contributed by atoms with Gasteiger partial charge in [0.1, 0.15) is 5.75 Å². The quantitative estimate of drug-likeness (QED) is 0.866. The summed E-state index contributed by atoms with van der Waals surface area (Å²) in [6.45, 7) is 7.06.